The molecule has 0 spiro atoms. The SMILES string of the molecule is C[C@@H](N)c1cc(F)ccc1OC1CCC1. The Morgan fingerprint density at radius 2 is 2.20 bits per heavy atom. The fraction of sp³-hybridized carbons (Fsp3) is 0.500. The maximum Gasteiger partial charge on any atom is 0.124 e. The number of hydrogen-bond acceptors (Lipinski definition) is 2. The van der Waals surface area contributed by atoms with E-state index in [-0.39, 0.29) is 11.9 Å². The van der Waals surface area contributed by atoms with Gasteiger partial charge in [0.1, 0.15) is 11.6 Å². The molecule has 0 saturated heterocycles. The first kappa shape index (κ1) is 10.4. The number of hydrogen-bond donors (Lipinski definition) is 1. The van der Waals surface area contributed by atoms with Crippen molar-refractivity contribution in [3.8, 4) is 5.75 Å². The molecule has 15 heavy (non-hydrogen) atoms. The molecule has 0 heterocycles. The molecule has 1 atom stereocenters. The van der Waals surface area contributed by atoms with Gasteiger partial charge in [-0.25, -0.2) is 4.39 Å². The highest BCUT2D eigenvalue weighted by atomic mass is 19.1. The number of halogens is 1. The predicted octanol–water partition coefficient (Wildman–Crippen LogP) is 2.78. The average Bonchev–Trinajstić information content (AvgIpc) is 2.12. The number of rotatable bonds is 3. The molecule has 1 aromatic carbocycles. The predicted molar refractivity (Wildman–Crippen MR) is 57.3 cm³/mol. The van der Waals surface area contributed by atoms with E-state index in [1.54, 1.807) is 6.07 Å². The summed E-state index contributed by atoms with van der Waals surface area (Å²) in [6, 6.07) is 4.35. The molecule has 2 nitrogen and oxygen atoms in total. The second-order valence-corrected chi connectivity index (χ2v) is 4.14. The van der Waals surface area contributed by atoms with Crippen molar-refractivity contribution in [2.45, 2.75) is 38.3 Å². The highest BCUT2D eigenvalue weighted by Gasteiger charge is 2.21. The first-order valence-electron chi connectivity index (χ1n) is 5.38. The van der Waals surface area contributed by atoms with Crippen LogP contribution in [0.3, 0.4) is 0 Å². The molecule has 1 fully saturated rings. The van der Waals surface area contributed by atoms with Gasteiger partial charge in [0.25, 0.3) is 0 Å². The molecule has 0 unspecified atom stereocenters. The fourth-order valence-electron chi connectivity index (χ4n) is 1.65. The lowest BCUT2D eigenvalue weighted by Crippen LogP contribution is -2.25. The van der Waals surface area contributed by atoms with E-state index in [4.69, 9.17) is 10.5 Å². The van der Waals surface area contributed by atoms with Gasteiger partial charge in [0.05, 0.1) is 6.10 Å². The summed E-state index contributed by atoms with van der Waals surface area (Å²) in [6.07, 6.45) is 3.71. The van der Waals surface area contributed by atoms with Crippen LogP contribution in [-0.2, 0) is 0 Å². The van der Waals surface area contributed by atoms with Crippen LogP contribution in [0.25, 0.3) is 0 Å². The minimum absolute atomic E-state index is 0.198. The fourth-order valence-corrected chi connectivity index (χ4v) is 1.65. The molecule has 1 aromatic rings. The van der Waals surface area contributed by atoms with Crippen LogP contribution in [0, 0.1) is 5.82 Å². The smallest absolute Gasteiger partial charge is 0.124 e. The molecule has 0 amide bonds. The number of ether oxygens (including phenoxy) is 1. The van der Waals surface area contributed by atoms with Crippen molar-refractivity contribution >= 4 is 0 Å². The van der Waals surface area contributed by atoms with Gasteiger partial charge in [0.2, 0.25) is 0 Å². The lowest BCUT2D eigenvalue weighted by atomic mass is 9.96. The molecule has 2 rings (SSSR count). The van der Waals surface area contributed by atoms with Crippen LogP contribution in [0.15, 0.2) is 18.2 Å². The third-order valence-electron chi connectivity index (χ3n) is 2.81. The Morgan fingerprint density at radius 1 is 1.47 bits per heavy atom. The summed E-state index contributed by atoms with van der Waals surface area (Å²) in [5, 5.41) is 0. The zero-order valence-electron chi connectivity index (χ0n) is 8.87. The summed E-state index contributed by atoms with van der Waals surface area (Å²) in [5.41, 5.74) is 6.52. The number of benzene rings is 1. The van der Waals surface area contributed by atoms with E-state index in [2.05, 4.69) is 0 Å². The van der Waals surface area contributed by atoms with Gasteiger partial charge in [0, 0.05) is 11.6 Å². The Labute approximate surface area is 89.2 Å². The highest BCUT2D eigenvalue weighted by molar-refractivity contribution is 5.36. The summed E-state index contributed by atoms with van der Waals surface area (Å²) in [7, 11) is 0. The van der Waals surface area contributed by atoms with E-state index in [1.165, 1.54) is 18.6 Å². The molecule has 1 aliphatic rings. The maximum absolute atomic E-state index is 13.0. The van der Waals surface area contributed by atoms with Crippen molar-refractivity contribution in [2.24, 2.45) is 5.73 Å². The minimum Gasteiger partial charge on any atom is -0.490 e. The Hall–Kier alpha value is -1.09. The lowest BCUT2D eigenvalue weighted by Gasteiger charge is -2.28. The molecule has 0 radical (unpaired) electrons. The van der Waals surface area contributed by atoms with Crippen LogP contribution in [0.4, 0.5) is 4.39 Å². The van der Waals surface area contributed by atoms with E-state index >= 15 is 0 Å². The van der Waals surface area contributed by atoms with E-state index in [1.807, 2.05) is 6.92 Å². The molecule has 0 bridgehead atoms. The summed E-state index contributed by atoms with van der Waals surface area (Å²) < 4.78 is 18.8. The van der Waals surface area contributed by atoms with Crippen molar-refractivity contribution in [2.75, 3.05) is 0 Å². The van der Waals surface area contributed by atoms with Gasteiger partial charge in [-0.05, 0) is 44.4 Å². The van der Waals surface area contributed by atoms with Gasteiger partial charge in [-0.1, -0.05) is 0 Å². The van der Waals surface area contributed by atoms with Gasteiger partial charge in [-0.2, -0.15) is 0 Å². The van der Waals surface area contributed by atoms with Crippen LogP contribution < -0.4 is 10.5 Å². The lowest BCUT2D eigenvalue weighted by molar-refractivity contribution is 0.118. The van der Waals surface area contributed by atoms with E-state index in [9.17, 15) is 4.39 Å². The first-order valence-corrected chi connectivity index (χ1v) is 5.38. The third-order valence-corrected chi connectivity index (χ3v) is 2.81. The van der Waals surface area contributed by atoms with Crippen molar-refractivity contribution in [1.82, 2.24) is 0 Å². The minimum atomic E-state index is -0.261. The summed E-state index contributed by atoms with van der Waals surface area (Å²) in [4.78, 5) is 0. The summed E-state index contributed by atoms with van der Waals surface area (Å²) >= 11 is 0. The zero-order valence-corrected chi connectivity index (χ0v) is 8.87. The quantitative estimate of drug-likeness (QED) is 0.830. The van der Waals surface area contributed by atoms with Crippen molar-refractivity contribution in [3.05, 3.63) is 29.6 Å². The average molecular weight is 209 g/mol. The van der Waals surface area contributed by atoms with Gasteiger partial charge < -0.3 is 10.5 Å². The molecular formula is C12H16FNO. The second-order valence-electron chi connectivity index (χ2n) is 4.14. The molecule has 0 aliphatic heterocycles. The number of nitrogens with two attached hydrogens (primary N) is 1. The van der Waals surface area contributed by atoms with Gasteiger partial charge in [0.15, 0.2) is 0 Å². The monoisotopic (exact) mass is 209 g/mol. The van der Waals surface area contributed by atoms with Crippen LogP contribution in [0.1, 0.15) is 37.8 Å². The van der Waals surface area contributed by atoms with Crippen LogP contribution >= 0.6 is 0 Å². The van der Waals surface area contributed by atoms with Gasteiger partial charge in [-0.3, -0.25) is 0 Å². The van der Waals surface area contributed by atoms with Crippen LogP contribution in [0.2, 0.25) is 0 Å². The molecular weight excluding hydrogens is 193 g/mol. The molecule has 2 N–H and O–H groups in total. The van der Waals surface area contributed by atoms with Crippen molar-refractivity contribution in [1.29, 1.82) is 0 Å². The van der Waals surface area contributed by atoms with E-state index in [0.717, 1.165) is 24.2 Å². The Bertz CT molecular complexity index is 347. The van der Waals surface area contributed by atoms with Gasteiger partial charge in [-0.15, -0.1) is 0 Å². The summed E-state index contributed by atoms with van der Waals surface area (Å²) in [5.74, 6) is 0.472. The molecule has 1 saturated carbocycles. The van der Waals surface area contributed by atoms with Crippen LogP contribution in [-0.4, -0.2) is 6.10 Å². The largest absolute Gasteiger partial charge is 0.490 e. The summed E-state index contributed by atoms with van der Waals surface area (Å²) in [6.45, 7) is 1.84. The topological polar surface area (TPSA) is 35.2 Å². The Kier molecular flexibility index (Phi) is 2.91. The molecule has 82 valence electrons. The van der Waals surface area contributed by atoms with Gasteiger partial charge >= 0.3 is 0 Å². The van der Waals surface area contributed by atoms with Crippen molar-refractivity contribution < 1.29 is 9.13 Å². The third kappa shape index (κ3) is 2.29. The normalized spacial score (nSPS) is 18.3. The zero-order chi connectivity index (χ0) is 10.8. The van der Waals surface area contributed by atoms with E-state index in [0.29, 0.717) is 6.10 Å². The maximum atomic E-state index is 13.0. The standard InChI is InChI=1S/C12H16FNO/c1-8(14)11-7-9(13)5-6-12(11)15-10-3-2-4-10/h5-8,10H,2-4,14H2,1H3/t8-/m1/s1. The molecule has 1 aliphatic carbocycles. The second kappa shape index (κ2) is 4.19. The van der Waals surface area contributed by atoms with E-state index < -0.39 is 0 Å². The van der Waals surface area contributed by atoms with Crippen LogP contribution in [0.5, 0.6) is 5.75 Å². The molecule has 3 heteroatoms. The first-order chi connectivity index (χ1) is 7.16. The Morgan fingerprint density at radius 3 is 2.73 bits per heavy atom. The van der Waals surface area contributed by atoms with Crippen molar-refractivity contribution in [3.63, 3.8) is 0 Å². The highest BCUT2D eigenvalue weighted by Crippen LogP contribution is 2.30. The molecule has 0 aromatic heterocycles. The Balaban J connectivity index is 2.20.